The molecule has 1 aliphatic heterocycles. The van der Waals surface area contributed by atoms with Gasteiger partial charge in [-0.2, -0.15) is 0 Å². The van der Waals surface area contributed by atoms with Gasteiger partial charge in [0.25, 0.3) is 0 Å². The van der Waals surface area contributed by atoms with Gasteiger partial charge in [0.05, 0.1) is 24.6 Å². The van der Waals surface area contributed by atoms with Crippen molar-refractivity contribution in [3.8, 4) is 0 Å². The summed E-state index contributed by atoms with van der Waals surface area (Å²) >= 11 is 0. The number of ether oxygens (including phenoxy) is 1. The minimum atomic E-state index is 0.0778. The molecule has 23 heavy (non-hydrogen) atoms. The maximum atomic E-state index is 12.2. The zero-order valence-electron chi connectivity index (χ0n) is 14.4. The first kappa shape index (κ1) is 17.8. The molecule has 0 unspecified atom stereocenters. The number of nitrogens with zero attached hydrogens (tertiary/aromatic N) is 2. The van der Waals surface area contributed by atoms with Gasteiger partial charge in [0, 0.05) is 26.1 Å². The first-order valence-electron chi connectivity index (χ1n) is 8.61. The molecule has 1 aromatic carbocycles. The second-order valence-corrected chi connectivity index (χ2v) is 6.07. The largest absolute Gasteiger partial charge is 0.378 e. The number of benzene rings is 1. The third-order valence-electron chi connectivity index (χ3n) is 4.14. The summed E-state index contributed by atoms with van der Waals surface area (Å²) in [5.41, 5.74) is 1.99. The van der Waals surface area contributed by atoms with Crippen molar-refractivity contribution in [3.05, 3.63) is 24.3 Å². The SMILES string of the molecule is CCCCN(C)CCC(=O)Nc1ccccc1N1CCOCC1. The van der Waals surface area contributed by atoms with Gasteiger partial charge in [-0.05, 0) is 32.1 Å². The second kappa shape index (κ2) is 9.53. The van der Waals surface area contributed by atoms with E-state index in [1.807, 2.05) is 18.2 Å². The highest BCUT2D eigenvalue weighted by atomic mass is 16.5. The van der Waals surface area contributed by atoms with Crippen LogP contribution in [0.1, 0.15) is 26.2 Å². The summed E-state index contributed by atoms with van der Waals surface area (Å²) in [5, 5.41) is 3.07. The molecule has 5 nitrogen and oxygen atoms in total. The summed E-state index contributed by atoms with van der Waals surface area (Å²) in [6, 6.07) is 8.02. The average molecular weight is 319 g/mol. The van der Waals surface area contributed by atoms with Crippen molar-refractivity contribution in [1.29, 1.82) is 0 Å². The molecule has 0 aromatic heterocycles. The monoisotopic (exact) mass is 319 g/mol. The summed E-state index contributed by atoms with van der Waals surface area (Å²) in [5.74, 6) is 0.0778. The van der Waals surface area contributed by atoms with E-state index in [2.05, 4.69) is 35.2 Å². The fraction of sp³-hybridized carbons (Fsp3) is 0.611. The van der Waals surface area contributed by atoms with Crippen LogP contribution in [0.2, 0.25) is 0 Å². The molecule has 2 rings (SSSR count). The van der Waals surface area contributed by atoms with Gasteiger partial charge in [-0.25, -0.2) is 0 Å². The Hall–Kier alpha value is -1.59. The first-order chi connectivity index (χ1) is 11.2. The van der Waals surface area contributed by atoms with Crippen LogP contribution >= 0.6 is 0 Å². The van der Waals surface area contributed by atoms with Crippen molar-refractivity contribution in [2.24, 2.45) is 0 Å². The molecule has 0 atom stereocenters. The van der Waals surface area contributed by atoms with Gasteiger partial charge in [0.15, 0.2) is 0 Å². The minimum absolute atomic E-state index is 0.0778. The summed E-state index contributed by atoms with van der Waals surface area (Å²) in [6.45, 7) is 7.25. The predicted octanol–water partition coefficient (Wildman–Crippen LogP) is 2.58. The standard InChI is InChI=1S/C18H29N3O2/c1-3-4-10-20(2)11-9-18(22)19-16-7-5-6-8-17(16)21-12-14-23-15-13-21/h5-8H,3-4,9-15H2,1-2H3,(H,19,22). The highest BCUT2D eigenvalue weighted by Gasteiger charge is 2.15. The molecule has 0 saturated carbocycles. The Morgan fingerprint density at radius 2 is 2.00 bits per heavy atom. The molecule has 0 aliphatic carbocycles. The van der Waals surface area contributed by atoms with Gasteiger partial charge in [-0.1, -0.05) is 25.5 Å². The van der Waals surface area contributed by atoms with E-state index in [0.29, 0.717) is 6.42 Å². The van der Waals surface area contributed by atoms with E-state index < -0.39 is 0 Å². The third kappa shape index (κ3) is 5.84. The zero-order valence-corrected chi connectivity index (χ0v) is 14.4. The number of hydrogen-bond donors (Lipinski definition) is 1. The van der Waals surface area contributed by atoms with Crippen LogP contribution in [-0.2, 0) is 9.53 Å². The molecule has 1 N–H and O–H groups in total. The lowest BCUT2D eigenvalue weighted by atomic mass is 10.2. The quantitative estimate of drug-likeness (QED) is 0.800. The highest BCUT2D eigenvalue weighted by Crippen LogP contribution is 2.26. The summed E-state index contributed by atoms with van der Waals surface area (Å²) < 4.78 is 5.40. The Morgan fingerprint density at radius 1 is 1.26 bits per heavy atom. The fourth-order valence-electron chi connectivity index (χ4n) is 2.70. The Kier molecular flexibility index (Phi) is 7.36. The molecule has 0 spiro atoms. The zero-order chi connectivity index (χ0) is 16.5. The number of carbonyl (C=O) groups is 1. The van der Waals surface area contributed by atoms with Crippen molar-refractivity contribution in [2.75, 3.05) is 56.7 Å². The number of anilines is 2. The van der Waals surface area contributed by atoms with Crippen LogP contribution < -0.4 is 10.2 Å². The molecule has 5 heteroatoms. The molecule has 1 aromatic rings. The molecule has 0 bridgehead atoms. The van der Waals surface area contributed by atoms with E-state index in [4.69, 9.17) is 4.74 Å². The van der Waals surface area contributed by atoms with Crippen LogP contribution in [0.4, 0.5) is 11.4 Å². The van der Waals surface area contributed by atoms with E-state index >= 15 is 0 Å². The van der Waals surface area contributed by atoms with E-state index in [1.54, 1.807) is 0 Å². The maximum absolute atomic E-state index is 12.2. The Morgan fingerprint density at radius 3 is 2.74 bits per heavy atom. The average Bonchev–Trinajstić information content (AvgIpc) is 2.59. The third-order valence-corrected chi connectivity index (χ3v) is 4.14. The number of morpholine rings is 1. The van der Waals surface area contributed by atoms with Crippen LogP contribution in [0.25, 0.3) is 0 Å². The Balaban J connectivity index is 1.88. The van der Waals surface area contributed by atoms with E-state index in [9.17, 15) is 4.79 Å². The molecule has 0 radical (unpaired) electrons. The van der Waals surface area contributed by atoms with Gasteiger partial charge in [-0.3, -0.25) is 4.79 Å². The van der Waals surface area contributed by atoms with Crippen molar-refractivity contribution < 1.29 is 9.53 Å². The number of nitrogens with one attached hydrogen (secondary N) is 1. The lowest BCUT2D eigenvalue weighted by Crippen LogP contribution is -2.36. The molecule has 1 amide bonds. The summed E-state index contributed by atoms with van der Waals surface area (Å²) in [6.07, 6.45) is 2.89. The highest BCUT2D eigenvalue weighted by molar-refractivity contribution is 5.94. The second-order valence-electron chi connectivity index (χ2n) is 6.07. The summed E-state index contributed by atoms with van der Waals surface area (Å²) in [7, 11) is 2.07. The predicted molar refractivity (Wildman–Crippen MR) is 95.1 cm³/mol. The molecule has 128 valence electrons. The molecule has 1 fully saturated rings. The summed E-state index contributed by atoms with van der Waals surface area (Å²) in [4.78, 5) is 16.7. The molecule has 1 heterocycles. The lowest BCUT2D eigenvalue weighted by molar-refractivity contribution is -0.116. The fourth-order valence-corrected chi connectivity index (χ4v) is 2.70. The minimum Gasteiger partial charge on any atom is -0.378 e. The number of amides is 1. The van der Waals surface area contributed by atoms with E-state index in [0.717, 1.165) is 50.8 Å². The van der Waals surface area contributed by atoms with Crippen LogP contribution in [0.3, 0.4) is 0 Å². The van der Waals surface area contributed by atoms with Crippen LogP contribution in [0.15, 0.2) is 24.3 Å². The Labute approximate surface area is 139 Å². The number of hydrogen-bond acceptors (Lipinski definition) is 4. The van der Waals surface area contributed by atoms with Crippen LogP contribution in [0.5, 0.6) is 0 Å². The van der Waals surface area contributed by atoms with E-state index in [-0.39, 0.29) is 5.91 Å². The first-order valence-corrected chi connectivity index (χ1v) is 8.61. The van der Waals surface area contributed by atoms with Gasteiger partial charge in [0.2, 0.25) is 5.91 Å². The lowest BCUT2D eigenvalue weighted by Gasteiger charge is -2.30. The van der Waals surface area contributed by atoms with Crippen LogP contribution in [0, 0.1) is 0 Å². The van der Waals surface area contributed by atoms with Crippen molar-refractivity contribution in [1.82, 2.24) is 4.90 Å². The molecular weight excluding hydrogens is 290 g/mol. The van der Waals surface area contributed by atoms with Crippen molar-refractivity contribution in [2.45, 2.75) is 26.2 Å². The van der Waals surface area contributed by atoms with E-state index in [1.165, 1.54) is 12.8 Å². The van der Waals surface area contributed by atoms with Crippen molar-refractivity contribution >= 4 is 17.3 Å². The van der Waals surface area contributed by atoms with Crippen molar-refractivity contribution in [3.63, 3.8) is 0 Å². The topological polar surface area (TPSA) is 44.8 Å². The molecule has 1 saturated heterocycles. The van der Waals surface area contributed by atoms with Gasteiger partial charge >= 0.3 is 0 Å². The normalized spacial score (nSPS) is 15.0. The maximum Gasteiger partial charge on any atom is 0.225 e. The number of unbranched alkanes of at least 4 members (excludes halogenated alkanes) is 1. The number of rotatable bonds is 8. The number of para-hydroxylation sites is 2. The molecule has 1 aliphatic rings. The van der Waals surface area contributed by atoms with Crippen LogP contribution in [-0.4, -0.2) is 57.2 Å². The van der Waals surface area contributed by atoms with Gasteiger partial charge in [0.1, 0.15) is 0 Å². The number of carbonyl (C=O) groups excluding carboxylic acids is 1. The van der Waals surface area contributed by atoms with Gasteiger partial charge < -0.3 is 19.9 Å². The van der Waals surface area contributed by atoms with Gasteiger partial charge in [-0.15, -0.1) is 0 Å². The Bertz CT molecular complexity index is 487. The molecular formula is C18H29N3O2. The smallest absolute Gasteiger partial charge is 0.225 e.